The molecular weight excluding hydrogens is 295 g/mol. The molecule has 2 rings (SSSR count). The minimum atomic E-state index is -0.171. The second-order valence-corrected chi connectivity index (χ2v) is 5.76. The van der Waals surface area contributed by atoms with Crippen molar-refractivity contribution in [2.45, 2.75) is 32.7 Å². The van der Waals surface area contributed by atoms with Crippen molar-refractivity contribution in [1.82, 2.24) is 0 Å². The Balaban J connectivity index is 2.17. The van der Waals surface area contributed by atoms with Crippen molar-refractivity contribution in [1.29, 1.82) is 0 Å². The zero-order chi connectivity index (χ0) is 13.1. The molecule has 0 radical (unpaired) electrons. The van der Waals surface area contributed by atoms with Crippen LogP contribution in [0.15, 0.2) is 16.6 Å². The molecule has 1 fully saturated rings. The number of benzene rings is 1. The van der Waals surface area contributed by atoms with Crippen LogP contribution in [0.3, 0.4) is 0 Å². The number of halogens is 2. The first-order valence-electron chi connectivity index (χ1n) is 6.59. The molecule has 1 aromatic carbocycles. The van der Waals surface area contributed by atoms with Crippen LogP contribution in [0.4, 0.5) is 10.1 Å². The average Bonchev–Trinajstić information content (AvgIpc) is 2.81. The molecule has 100 valence electrons. The summed E-state index contributed by atoms with van der Waals surface area (Å²) in [4.78, 5) is 2.15. The van der Waals surface area contributed by atoms with Gasteiger partial charge >= 0.3 is 0 Å². The highest BCUT2D eigenvalue weighted by Crippen LogP contribution is 2.33. The summed E-state index contributed by atoms with van der Waals surface area (Å²) < 4.78 is 14.8. The third-order valence-electron chi connectivity index (χ3n) is 3.69. The summed E-state index contributed by atoms with van der Waals surface area (Å²) in [5.74, 6) is 0.539. The van der Waals surface area contributed by atoms with Crippen LogP contribution in [0.2, 0.25) is 0 Å². The smallest absolute Gasteiger partial charge is 0.160 e. The van der Waals surface area contributed by atoms with E-state index in [-0.39, 0.29) is 5.82 Å². The highest BCUT2D eigenvalue weighted by Gasteiger charge is 2.25. The third-order valence-corrected chi connectivity index (χ3v) is 4.54. The van der Waals surface area contributed by atoms with Crippen LogP contribution in [0.5, 0.6) is 0 Å². The molecule has 0 aromatic heterocycles. The molecule has 0 saturated carbocycles. The van der Waals surface area contributed by atoms with Gasteiger partial charge < -0.3 is 10.6 Å². The van der Waals surface area contributed by atoms with Crippen molar-refractivity contribution in [3.63, 3.8) is 0 Å². The van der Waals surface area contributed by atoms with Crippen molar-refractivity contribution in [2.24, 2.45) is 11.7 Å². The van der Waals surface area contributed by atoms with E-state index in [4.69, 9.17) is 5.73 Å². The van der Waals surface area contributed by atoms with E-state index in [0.29, 0.717) is 22.6 Å². The molecule has 2 N–H and O–H groups in total. The zero-order valence-electron chi connectivity index (χ0n) is 10.8. The summed E-state index contributed by atoms with van der Waals surface area (Å²) in [6.45, 7) is 4.49. The fourth-order valence-electron chi connectivity index (χ4n) is 2.68. The minimum absolute atomic E-state index is 0.171. The van der Waals surface area contributed by atoms with Gasteiger partial charge in [-0.1, -0.05) is 19.4 Å². The number of hydrogen-bond donors (Lipinski definition) is 1. The summed E-state index contributed by atoms with van der Waals surface area (Å²) in [7, 11) is 0. The number of anilines is 1. The zero-order valence-corrected chi connectivity index (χ0v) is 12.3. The van der Waals surface area contributed by atoms with E-state index in [0.717, 1.165) is 18.7 Å². The van der Waals surface area contributed by atoms with Gasteiger partial charge in [-0.2, -0.15) is 0 Å². The summed E-state index contributed by atoms with van der Waals surface area (Å²) in [5.41, 5.74) is 7.10. The maximum Gasteiger partial charge on any atom is 0.160 e. The number of hydrogen-bond acceptors (Lipinski definition) is 2. The molecule has 1 aromatic rings. The molecule has 18 heavy (non-hydrogen) atoms. The highest BCUT2D eigenvalue weighted by atomic mass is 79.9. The summed E-state index contributed by atoms with van der Waals surface area (Å²) in [6, 6.07) is 3.77. The molecule has 0 spiro atoms. The van der Waals surface area contributed by atoms with Gasteiger partial charge in [-0.25, -0.2) is 4.39 Å². The monoisotopic (exact) mass is 314 g/mol. The van der Waals surface area contributed by atoms with Crippen LogP contribution in [0, 0.1) is 11.7 Å². The van der Waals surface area contributed by atoms with Crippen LogP contribution in [-0.2, 0) is 6.54 Å². The van der Waals surface area contributed by atoms with Crippen LogP contribution >= 0.6 is 15.9 Å². The van der Waals surface area contributed by atoms with Crippen LogP contribution in [-0.4, -0.2) is 13.1 Å². The van der Waals surface area contributed by atoms with Crippen molar-refractivity contribution in [3.05, 3.63) is 28.0 Å². The molecule has 4 heteroatoms. The lowest BCUT2D eigenvalue weighted by molar-refractivity contribution is 0.528. The fraction of sp³-hybridized carbons (Fsp3) is 0.571. The highest BCUT2D eigenvalue weighted by molar-refractivity contribution is 9.10. The topological polar surface area (TPSA) is 29.3 Å². The lowest BCUT2D eigenvalue weighted by Gasteiger charge is -2.20. The van der Waals surface area contributed by atoms with Crippen molar-refractivity contribution < 1.29 is 4.39 Å². The Morgan fingerprint density at radius 1 is 1.50 bits per heavy atom. The van der Waals surface area contributed by atoms with Gasteiger partial charge in [-0.15, -0.1) is 0 Å². The number of nitrogens with zero attached hydrogens (tertiary/aromatic N) is 1. The Morgan fingerprint density at radius 3 is 2.94 bits per heavy atom. The first kappa shape index (κ1) is 13.8. The van der Waals surface area contributed by atoms with E-state index in [9.17, 15) is 4.39 Å². The molecule has 1 heterocycles. The van der Waals surface area contributed by atoms with Gasteiger partial charge in [0.1, 0.15) is 0 Å². The predicted molar refractivity (Wildman–Crippen MR) is 77.2 cm³/mol. The van der Waals surface area contributed by atoms with Gasteiger partial charge in [0.2, 0.25) is 0 Å². The van der Waals surface area contributed by atoms with Crippen LogP contribution < -0.4 is 10.6 Å². The lowest BCUT2D eigenvalue weighted by atomic mass is 10.0. The van der Waals surface area contributed by atoms with Gasteiger partial charge in [-0.05, 0) is 46.3 Å². The first-order valence-corrected chi connectivity index (χ1v) is 7.38. The molecule has 0 amide bonds. The Hall–Kier alpha value is -0.610. The predicted octanol–water partition coefficient (Wildman–Crippen LogP) is 3.67. The quantitative estimate of drug-likeness (QED) is 0.918. The van der Waals surface area contributed by atoms with Gasteiger partial charge in [0.25, 0.3) is 0 Å². The van der Waals surface area contributed by atoms with E-state index in [2.05, 4.69) is 27.8 Å². The Labute approximate surface area is 116 Å². The lowest BCUT2D eigenvalue weighted by Crippen LogP contribution is -2.21. The maximum absolute atomic E-state index is 14.3. The van der Waals surface area contributed by atoms with Crippen molar-refractivity contribution in [2.75, 3.05) is 18.0 Å². The maximum atomic E-state index is 14.3. The number of nitrogens with two attached hydrogens (primary N) is 1. The molecule has 2 nitrogen and oxygen atoms in total. The molecule has 1 atom stereocenters. The first-order chi connectivity index (χ1) is 8.67. The Kier molecular flexibility index (Phi) is 4.62. The minimum Gasteiger partial charge on any atom is -0.369 e. The van der Waals surface area contributed by atoms with E-state index < -0.39 is 0 Å². The molecule has 1 saturated heterocycles. The summed E-state index contributed by atoms with van der Waals surface area (Å²) >= 11 is 3.30. The second-order valence-electron chi connectivity index (χ2n) is 4.97. The molecule has 1 aliphatic heterocycles. The SMILES string of the molecule is CCCC1CCN(c2ccc(CN)c(Br)c2F)C1. The van der Waals surface area contributed by atoms with E-state index in [1.807, 2.05) is 12.1 Å². The fourth-order valence-corrected chi connectivity index (χ4v) is 3.17. The standard InChI is InChI=1S/C14H20BrFN2/c1-2-3-10-6-7-18(9-10)12-5-4-11(8-17)13(15)14(12)16/h4-5,10H,2-3,6-9,17H2,1H3. The average molecular weight is 315 g/mol. The molecule has 0 aliphatic carbocycles. The van der Waals surface area contributed by atoms with Crippen molar-refractivity contribution in [3.8, 4) is 0 Å². The van der Waals surface area contributed by atoms with E-state index >= 15 is 0 Å². The van der Waals surface area contributed by atoms with Crippen molar-refractivity contribution >= 4 is 21.6 Å². The molecule has 1 unspecified atom stereocenters. The largest absolute Gasteiger partial charge is 0.369 e. The summed E-state index contributed by atoms with van der Waals surface area (Å²) in [5, 5.41) is 0. The third kappa shape index (κ3) is 2.69. The number of rotatable bonds is 4. The van der Waals surface area contributed by atoms with Crippen LogP contribution in [0.1, 0.15) is 31.7 Å². The van der Waals surface area contributed by atoms with E-state index in [1.54, 1.807) is 0 Å². The van der Waals surface area contributed by atoms with Crippen LogP contribution in [0.25, 0.3) is 0 Å². The Bertz CT molecular complexity index is 423. The van der Waals surface area contributed by atoms with Gasteiger partial charge in [0, 0.05) is 19.6 Å². The summed E-state index contributed by atoms with van der Waals surface area (Å²) in [6.07, 6.45) is 3.61. The molecular formula is C14H20BrFN2. The molecule has 0 bridgehead atoms. The van der Waals surface area contributed by atoms with Gasteiger partial charge in [0.15, 0.2) is 5.82 Å². The second kappa shape index (κ2) is 6.02. The molecule has 1 aliphatic rings. The Morgan fingerprint density at radius 2 is 2.28 bits per heavy atom. The normalized spacial score (nSPS) is 19.6. The van der Waals surface area contributed by atoms with Gasteiger partial charge in [-0.3, -0.25) is 0 Å². The van der Waals surface area contributed by atoms with E-state index in [1.165, 1.54) is 19.3 Å². The van der Waals surface area contributed by atoms with Gasteiger partial charge in [0.05, 0.1) is 10.2 Å².